The van der Waals surface area contributed by atoms with Gasteiger partial charge in [0.2, 0.25) is 5.91 Å². The van der Waals surface area contributed by atoms with Crippen molar-refractivity contribution in [1.82, 2.24) is 25.3 Å². The minimum absolute atomic E-state index is 0.0555. The van der Waals surface area contributed by atoms with Crippen LogP contribution in [0.5, 0.6) is 0 Å². The van der Waals surface area contributed by atoms with Crippen molar-refractivity contribution >= 4 is 11.9 Å². The molecule has 1 unspecified atom stereocenters. The molecule has 26 heavy (non-hydrogen) atoms. The SMILES string of the molecule is CN1CCNCC1CNC(=O)N1CCN(Cc2cccc(F)c2)C(=O)C1. The third-order valence-corrected chi connectivity index (χ3v) is 5.00. The second-order valence-corrected chi connectivity index (χ2v) is 6.89. The van der Waals surface area contributed by atoms with Crippen molar-refractivity contribution in [3.05, 3.63) is 35.6 Å². The molecule has 0 radical (unpaired) electrons. The van der Waals surface area contributed by atoms with Crippen LogP contribution in [0.2, 0.25) is 0 Å². The second-order valence-electron chi connectivity index (χ2n) is 6.89. The number of hydrogen-bond acceptors (Lipinski definition) is 4. The van der Waals surface area contributed by atoms with Crippen molar-refractivity contribution in [2.24, 2.45) is 0 Å². The van der Waals surface area contributed by atoms with Crippen LogP contribution in [0.3, 0.4) is 0 Å². The molecule has 7 nitrogen and oxygen atoms in total. The summed E-state index contributed by atoms with van der Waals surface area (Å²) in [6.45, 7) is 4.67. The first-order valence-electron chi connectivity index (χ1n) is 8.99. The Morgan fingerprint density at radius 3 is 2.92 bits per heavy atom. The van der Waals surface area contributed by atoms with E-state index in [1.807, 2.05) is 7.05 Å². The quantitative estimate of drug-likeness (QED) is 0.795. The maximum Gasteiger partial charge on any atom is 0.317 e. The lowest BCUT2D eigenvalue weighted by molar-refractivity contribution is -0.135. The second kappa shape index (κ2) is 8.46. The highest BCUT2D eigenvalue weighted by atomic mass is 19.1. The van der Waals surface area contributed by atoms with Crippen molar-refractivity contribution < 1.29 is 14.0 Å². The van der Waals surface area contributed by atoms with E-state index in [-0.39, 0.29) is 30.3 Å². The summed E-state index contributed by atoms with van der Waals surface area (Å²) < 4.78 is 13.3. The Hall–Kier alpha value is -2.19. The minimum atomic E-state index is -0.310. The van der Waals surface area contributed by atoms with Crippen molar-refractivity contribution in [3.8, 4) is 0 Å². The molecular weight excluding hydrogens is 337 g/mol. The number of carbonyl (C=O) groups is 2. The van der Waals surface area contributed by atoms with Crippen LogP contribution in [0.4, 0.5) is 9.18 Å². The summed E-state index contributed by atoms with van der Waals surface area (Å²) in [5.74, 6) is -0.428. The Balaban J connectivity index is 1.46. The van der Waals surface area contributed by atoms with Gasteiger partial charge in [-0.25, -0.2) is 9.18 Å². The van der Waals surface area contributed by atoms with Crippen LogP contribution in [0, 0.1) is 5.82 Å². The number of urea groups is 1. The minimum Gasteiger partial charge on any atom is -0.336 e. The molecule has 1 aromatic carbocycles. The van der Waals surface area contributed by atoms with E-state index in [1.165, 1.54) is 12.1 Å². The smallest absolute Gasteiger partial charge is 0.317 e. The van der Waals surface area contributed by atoms with Crippen molar-refractivity contribution in [1.29, 1.82) is 0 Å². The summed E-state index contributed by atoms with van der Waals surface area (Å²) in [6.07, 6.45) is 0. The molecule has 0 aliphatic carbocycles. The summed E-state index contributed by atoms with van der Waals surface area (Å²) in [5, 5.41) is 6.24. The molecular formula is C18H26FN5O2. The molecule has 2 aliphatic rings. The molecule has 1 aromatic rings. The molecule has 2 heterocycles. The van der Waals surface area contributed by atoms with Gasteiger partial charge in [-0.3, -0.25) is 9.69 Å². The number of carbonyl (C=O) groups excluding carboxylic acids is 2. The van der Waals surface area contributed by atoms with Crippen LogP contribution < -0.4 is 10.6 Å². The van der Waals surface area contributed by atoms with E-state index >= 15 is 0 Å². The maximum absolute atomic E-state index is 13.3. The number of halogens is 1. The van der Waals surface area contributed by atoms with Crippen LogP contribution in [-0.4, -0.2) is 85.5 Å². The predicted molar refractivity (Wildman–Crippen MR) is 96.1 cm³/mol. The normalized spacial score (nSPS) is 21.8. The number of likely N-dealkylation sites (N-methyl/N-ethyl adjacent to an activating group) is 1. The lowest BCUT2D eigenvalue weighted by Gasteiger charge is -2.36. The predicted octanol–water partition coefficient (Wildman–Crippen LogP) is 0.0831. The highest BCUT2D eigenvalue weighted by Gasteiger charge is 2.28. The number of hydrogen-bond donors (Lipinski definition) is 2. The number of nitrogens with one attached hydrogen (secondary N) is 2. The molecule has 2 fully saturated rings. The first-order valence-corrected chi connectivity index (χ1v) is 8.99. The number of nitrogens with zero attached hydrogens (tertiary/aromatic N) is 3. The Bertz CT molecular complexity index is 656. The van der Waals surface area contributed by atoms with Crippen molar-refractivity contribution in [2.75, 3.05) is 52.9 Å². The van der Waals surface area contributed by atoms with Gasteiger partial charge in [0.15, 0.2) is 0 Å². The van der Waals surface area contributed by atoms with E-state index in [9.17, 15) is 14.0 Å². The fourth-order valence-electron chi connectivity index (χ4n) is 3.31. The van der Waals surface area contributed by atoms with Crippen LogP contribution in [0.1, 0.15) is 5.56 Å². The van der Waals surface area contributed by atoms with Gasteiger partial charge < -0.3 is 20.4 Å². The van der Waals surface area contributed by atoms with Gasteiger partial charge in [0.05, 0.1) is 0 Å². The highest BCUT2D eigenvalue weighted by molar-refractivity contribution is 5.85. The van der Waals surface area contributed by atoms with Crippen LogP contribution >= 0.6 is 0 Å². The van der Waals surface area contributed by atoms with Crippen LogP contribution in [0.15, 0.2) is 24.3 Å². The van der Waals surface area contributed by atoms with E-state index in [0.29, 0.717) is 26.2 Å². The lowest BCUT2D eigenvalue weighted by Crippen LogP contribution is -2.58. The fourth-order valence-corrected chi connectivity index (χ4v) is 3.31. The van der Waals surface area contributed by atoms with Gasteiger partial charge in [0.1, 0.15) is 12.4 Å². The molecule has 8 heteroatoms. The van der Waals surface area contributed by atoms with E-state index in [0.717, 1.165) is 25.2 Å². The van der Waals surface area contributed by atoms with Gasteiger partial charge in [-0.2, -0.15) is 0 Å². The number of piperazine rings is 2. The summed E-state index contributed by atoms with van der Waals surface area (Å²) in [7, 11) is 2.05. The van der Waals surface area contributed by atoms with E-state index in [1.54, 1.807) is 21.9 Å². The first kappa shape index (κ1) is 18.6. The topological polar surface area (TPSA) is 67.9 Å². The van der Waals surface area contributed by atoms with Crippen molar-refractivity contribution in [3.63, 3.8) is 0 Å². The average Bonchev–Trinajstić information content (AvgIpc) is 2.62. The van der Waals surface area contributed by atoms with Crippen molar-refractivity contribution in [2.45, 2.75) is 12.6 Å². The number of rotatable bonds is 4. The first-order chi connectivity index (χ1) is 12.5. The molecule has 3 amide bonds. The lowest BCUT2D eigenvalue weighted by atomic mass is 10.2. The van der Waals surface area contributed by atoms with Gasteiger partial charge in [-0.05, 0) is 24.7 Å². The third kappa shape index (κ3) is 4.70. The summed E-state index contributed by atoms with van der Waals surface area (Å²) in [5.41, 5.74) is 0.754. The zero-order valence-corrected chi connectivity index (χ0v) is 15.1. The van der Waals surface area contributed by atoms with Gasteiger partial charge in [0.25, 0.3) is 0 Å². The Labute approximate surface area is 153 Å². The molecule has 0 spiro atoms. The molecule has 0 saturated carbocycles. The highest BCUT2D eigenvalue weighted by Crippen LogP contribution is 2.11. The number of amides is 3. The summed E-state index contributed by atoms with van der Waals surface area (Å²) >= 11 is 0. The van der Waals surface area contributed by atoms with E-state index < -0.39 is 0 Å². The largest absolute Gasteiger partial charge is 0.336 e. The van der Waals surface area contributed by atoms with Gasteiger partial charge in [-0.15, -0.1) is 0 Å². The standard InChI is InChI=1S/C18H26FN5O2/c1-22-6-5-20-10-16(22)11-21-18(26)24-8-7-23(17(25)13-24)12-14-3-2-4-15(19)9-14/h2-4,9,16,20H,5-8,10-13H2,1H3,(H,21,26). The Morgan fingerprint density at radius 1 is 1.35 bits per heavy atom. The molecule has 142 valence electrons. The summed E-state index contributed by atoms with van der Waals surface area (Å²) in [6, 6.07) is 6.30. The Kier molecular flexibility index (Phi) is 6.05. The van der Waals surface area contributed by atoms with Gasteiger partial charge >= 0.3 is 6.03 Å². The third-order valence-electron chi connectivity index (χ3n) is 5.00. The molecule has 0 aromatic heterocycles. The molecule has 2 N–H and O–H groups in total. The monoisotopic (exact) mass is 363 g/mol. The molecule has 1 atom stereocenters. The average molecular weight is 363 g/mol. The van der Waals surface area contributed by atoms with E-state index in [4.69, 9.17) is 0 Å². The molecule has 2 saturated heterocycles. The molecule has 3 rings (SSSR count). The zero-order valence-electron chi connectivity index (χ0n) is 15.1. The van der Waals surface area contributed by atoms with E-state index in [2.05, 4.69) is 15.5 Å². The summed E-state index contributed by atoms with van der Waals surface area (Å²) in [4.78, 5) is 30.1. The molecule has 0 bridgehead atoms. The number of benzene rings is 1. The maximum atomic E-state index is 13.3. The van der Waals surface area contributed by atoms with Crippen LogP contribution in [0.25, 0.3) is 0 Å². The Morgan fingerprint density at radius 2 is 2.19 bits per heavy atom. The van der Waals surface area contributed by atoms with Crippen LogP contribution in [-0.2, 0) is 11.3 Å². The van der Waals surface area contributed by atoms with Gasteiger partial charge in [-0.1, -0.05) is 12.1 Å². The molecule has 2 aliphatic heterocycles. The van der Waals surface area contributed by atoms with Gasteiger partial charge in [0, 0.05) is 51.9 Å². The zero-order chi connectivity index (χ0) is 18.5. The fraction of sp³-hybridized carbons (Fsp3) is 0.556.